The van der Waals surface area contributed by atoms with Crippen LogP contribution < -0.4 is 0 Å². The zero-order chi connectivity index (χ0) is 10.9. The van der Waals surface area contributed by atoms with Gasteiger partial charge in [-0.1, -0.05) is 12.2 Å². The minimum absolute atomic E-state index is 0.262. The minimum Gasteiger partial charge on any atom is -0.389 e. The fourth-order valence-electron chi connectivity index (χ4n) is 2.49. The Labute approximate surface area is 87.6 Å². The summed E-state index contributed by atoms with van der Waals surface area (Å²) < 4.78 is 0. The van der Waals surface area contributed by atoms with Crippen LogP contribution >= 0.6 is 0 Å². The van der Waals surface area contributed by atoms with Gasteiger partial charge in [0.05, 0.1) is 5.60 Å². The van der Waals surface area contributed by atoms with Gasteiger partial charge in [0.1, 0.15) is 0 Å². The van der Waals surface area contributed by atoms with Crippen molar-refractivity contribution in [3.8, 4) is 0 Å². The lowest BCUT2D eigenvalue weighted by Gasteiger charge is -2.44. The Morgan fingerprint density at radius 1 is 1.50 bits per heavy atom. The number of aliphatic hydroxyl groups is 1. The second kappa shape index (κ2) is 4.03. The fourth-order valence-corrected chi connectivity index (χ4v) is 2.49. The van der Waals surface area contributed by atoms with E-state index in [0.717, 1.165) is 19.3 Å². The standard InChI is InChI=1S/C12H23NO/c1-9(2)10-6-7-12(3,14)11(8-10)13(4)5/h10-11,14H,1,6-8H2,2-5H3/t10-,11+,12+/m1/s1. The highest BCUT2D eigenvalue weighted by Crippen LogP contribution is 2.36. The third-order valence-corrected chi connectivity index (χ3v) is 3.54. The average Bonchev–Trinajstić information content (AvgIpc) is 2.02. The number of nitrogens with zero attached hydrogens (tertiary/aromatic N) is 1. The summed E-state index contributed by atoms with van der Waals surface area (Å²) in [6.07, 6.45) is 3.00. The van der Waals surface area contributed by atoms with E-state index < -0.39 is 5.60 Å². The van der Waals surface area contributed by atoms with Crippen molar-refractivity contribution in [3.63, 3.8) is 0 Å². The molecule has 2 heteroatoms. The molecule has 0 radical (unpaired) electrons. The normalized spacial score (nSPS) is 38.7. The minimum atomic E-state index is -0.532. The smallest absolute Gasteiger partial charge is 0.0774 e. The SMILES string of the molecule is C=C(C)[C@@H]1CC[C@](C)(O)[C@@H](N(C)C)C1. The molecule has 0 aromatic rings. The molecule has 1 rings (SSSR count). The highest BCUT2D eigenvalue weighted by molar-refractivity contribution is 5.04. The molecule has 0 heterocycles. The topological polar surface area (TPSA) is 23.5 Å². The van der Waals surface area contributed by atoms with E-state index in [-0.39, 0.29) is 6.04 Å². The molecule has 0 aromatic heterocycles. The van der Waals surface area contributed by atoms with Crippen LogP contribution in [0.25, 0.3) is 0 Å². The second-order valence-electron chi connectivity index (χ2n) is 5.15. The third-order valence-electron chi connectivity index (χ3n) is 3.54. The summed E-state index contributed by atoms with van der Waals surface area (Å²) in [4.78, 5) is 2.13. The van der Waals surface area contributed by atoms with Crippen LogP contribution in [0, 0.1) is 5.92 Å². The van der Waals surface area contributed by atoms with Crippen LogP contribution in [-0.4, -0.2) is 35.7 Å². The van der Waals surface area contributed by atoms with E-state index in [1.165, 1.54) is 5.57 Å². The molecule has 82 valence electrons. The Hall–Kier alpha value is -0.340. The van der Waals surface area contributed by atoms with Crippen molar-refractivity contribution in [2.24, 2.45) is 5.92 Å². The molecular formula is C12H23NO. The summed E-state index contributed by atoms with van der Waals surface area (Å²) in [6.45, 7) is 8.07. The summed E-state index contributed by atoms with van der Waals surface area (Å²) in [5.41, 5.74) is 0.725. The maximum absolute atomic E-state index is 10.2. The van der Waals surface area contributed by atoms with Gasteiger partial charge in [0.15, 0.2) is 0 Å². The molecule has 3 atom stereocenters. The Bertz CT molecular complexity index is 220. The van der Waals surface area contributed by atoms with Gasteiger partial charge in [-0.15, -0.1) is 0 Å². The largest absolute Gasteiger partial charge is 0.389 e. The van der Waals surface area contributed by atoms with Gasteiger partial charge in [0, 0.05) is 6.04 Å². The van der Waals surface area contributed by atoms with Gasteiger partial charge >= 0.3 is 0 Å². The van der Waals surface area contributed by atoms with E-state index >= 15 is 0 Å². The molecule has 0 spiro atoms. The van der Waals surface area contributed by atoms with Crippen LogP contribution in [0.15, 0.2) is 12.2 Å². The van der Waals surface area contributed by atoms with Gasteiger partial charge in [0.25, 0.3) is 0 Å². The third kappa shape index (κ3) is 2.37. The molecule has 0 aromatic carbocycles. The molecule has 0 bridgehead atoms. The predicted molar refractivity (Wildman–Crippen MR) is 60.3 cm³/mol. The maximum atomic E-state index is 10.2. The van der Waals surface area contributed by atoms with Crippen molar-refractivity contribution >= 4 is 0 Å². The van der Waals surface area contributed by atoms with E-state index in [9.17, 15) is 5.11 Å². The number of likely N-dealkylation sites (N-methyl/N-ethyl adjacent to an activating group) is 1. The molecular weight excluding hydrogens is 174 g/mol. The molecule has 2 nitrogen and oxygen atoms in total. The van der Waals surface area contributed by atoms with E-state index in [1.807, 2.05) is 21.0 Å². The van der Waals surface area contributed by atoms with Gasteiger partial charge < -0.3 is 10.0 Å². The van der Waals surface area contributed by atoms with Crippen molar-refractivity contribution in [1.29, 1.82) is 0 Å². The van der Waals surface area contributed by atoms with Crippen molar-refractivity contribution in [1.82, 2.24) is 4.90 Å². The Morgan fingerprint density at radius 3 is 2.50 bits per heavy atom. The van der Waals surface area contributed by atoms with Gasteiger partial charge in [-0.25, -0.2) is 0 Å². The summed E-state index contributed by atoms with van der Waals surface area (Å²) in [7, 11) is 4.08. The van der Waals surface area contributed by atoms with Crippen LogP contribution in [0.4, 0.5) is 0 Å². The predicted octanol–water partition coefficient (Wildman–Crippen LogP) is 2.04. The van der Waals surface area contributed by atoms with Gasteiger partial charge in [-0.3, -0.25) is 0 Å². The first-order valence-corrected chi connectivity index (χ1v) is 5.39. The monoisotopic (exact) mass is 197 g/mol. The maximum Gasteiger partial charge on any atom is 0.0774 e. The van der Waals surface area contributed by atoms with Crippen molar-refractivity contribution in [3.05, 3.63) is 12.2 Å². The number of allylic oxidation sites excluding steroid dienone is 1. The van der Waals surface area contributed by atoms with Crippen molar-refractivity contribution in [2.45, 2.75) is 44.8 Å². The van der Waals surface area contributed by atoms with Crippen molar-refractivity contribution in [2.75, 3.05) is 14.1 Å². The molecule has 0 unspecified atom stereocenters. The highest BCUT2D eigenvalue weighted by atomic mass is 16.3. The molecule has 1 aliphatic rings. The number of hydrogen-bond donors (Lipinski definition) is 1. The van der Waals surface area contributed by atoms with Gasteiger partial charge in [-0.2, -0.15) is 0 Å². The molecule has 1 aliphatic carbocycles. The lowest BCUT2D eigenvalue weighted by Crippen LogP contribution is -2.52. The Morgan fingerprint density at radius 2 is 2.07 bits per heavy atom. The van der Waals surface area contributed by atoms with Crippen LogP contribution in [0.2, 0.25) is 0 Å². The summed E-state index contributed by atoms with van der Waals surface area (Å²) in [6, 6.07) is 0.262. The van der Waals surface area contributed by atoms with E-state index in [2.05, 4.69) is 18.4 Å². The average molecular weight is 197 g/mol. The Kier molecular flexibility index (Phi) is 3.38. The van der Waals surface area contributed by atoms with Gasteiger partial charge in [0.2, 0.25) is 0 Å². The van der Waals surface area contributed by atoms with Crippen LogP contribution in [-0.2, 0) is 0 Å². The molecule has 0 amide bonds. The number of hydrogen-bond acceptors (Lipinski definition) is 2. The highest BCUT2D eigenvalue weighted by Gasteiger charge is 2.39. The molecule has 0 saturated heterocycles. The molecule has 1 saturated carbocycles. The second-order valence-corrected chi connectivity index (χ2v) is 5.15. The lowest BCUT2D eigenvalue weighted by atomic mass is 9.73. The number of rotatable bonds is 2. The summed E-state index contributed by atoms with van der Waals surface area (Å²) in [5.74, 6) is 0.586. The first-order valence-electron chi connectivity index (χ1n) is 5.39. The zero-order valence-electron chi connectivity index (χ0n) is 9.88. The van der Waals surface area contributed by atoms with E-state index in [0.29, 0.717) is 5.92 Å². The van der Waals surface area contributed by atoms with Crippen LogP contribution in [0.1, 0.15) is 33.1 Å². The summed E-state index contributed by atoms with van der Waals surface area (Å²) in [5, 5.41) is 10.2. The van der Waals surface area contributed by atoms with Crippen LogP contribution in [0.5, 0.6) is 0 Å². The lowest BCUT2D eigenvalue weighted by molar-refractivity contribution is -0.0548. The van der Waals surface area contributed by atoms with E-state index in [4.69, 9.17) is 0 Å². The molecule has 1 fully saturated rings. The molecule has 0 aliphatic heterocycles. The van der Waals surface area contributed by atoms with Gasteiger partial charge in [-0.05, 0) is 53.1 Å². The molecule has 1 N–H and O–H groups in total. The fraction of sp³-hybridized carbons (Fsp3) is 0.833. The van der Waals surface area contributed by atoms with E-state index in [1.54, 1.807) is 0 Å². The Balaban J connectivity index is 2.72. The molecule has 14 heavy (non-hydrogen) atoms. The first kappa shape index (κ1) is 11.7. The first-order chi connectivity index (χ1) is 6.34. The summed E-state index contributed by atoms with van der Waals surface area (Å²) >= 11 is 0. The zero-order valence-corrected chi connectivity index (χ0v) is 9.88. The quantitative estimate of drug-likeness (QED) is 0.685. The van der Waals surface area contributed by atoms with Crippen LogP contribution in [0.3, 0.4) is 0 Å². The van der Waals surface area contributed by atoms with Crippen molar-refractivity contribution < 1.29 is 5.11 Å².